The van der Waals surface area contributed by atoms with E-state index >= 15 is 0 Å². The smallest absolute Gasteiger partial charge is 0.0445 e. The topological polar surface area (TPSA) is 43.7 Å². The van der Waals surface area contributed by atoms with E-state index in [4.69, 9.17) is 10.2 Å². The zero-order valence-corrected chi connectivity index (χ0v) is 11.1. The van der Waals surface area contributed by atoms with Gasteiger partial charge in [-0.05, 0) is 45.2 Å². The molecule has 1 heterocycles. The highest BCUT2D eigenvalue weighted by Crippen LogP contribution is 2.20. The molecule has 3 heteroatoms. The van der Waals surface area contributed by atoms with Crippen LogP contribution in [-0.2, 0) is 0 Å². The zero-order chi connectivity index (χ0) is 12.3. The third-order valence-electron chi connectivity index (χ3n) is 3.81. The maximum absolute atomic E-state index is 9.05. The average Bonchev–Trinajstić information content (AvgIpc) is 2.36. The molecule has 1 atom stereocenters. The molecule has 0 spiro atoms. The van der Waals surface area contributed by atoms with Crippen molar-refractivity contribution in [1.82, 2.24) is 4.90 Å². The minimum Gasteiger partial charge on any atom is -0.396 e. The van der Waals surface area contributed by atoms with E-state index in [1.165, 1.54) is 51.6 Å². The number of hydrogen-bond donors (Lipinski definition) is 2. The minimum absolute atomic E-state index is 0.331. The predicted octanol–water partition coefficient (Wildman–Crippen LogP) is 2.17. The lowest BCUT2D eigenvalue weighted by molar-refractivity contribution is 0.117. The Balaban J connectivity index is 2.06. The largest absolute Gasteiger partial charge is 0.396 e. The van der Waals surface area contributed by atoms with E-state index in [-0.39, 0.29) is 0 Å². The maximum Gasteiger partial charge on any atom is 0.0445 e. The van der Waals surface area contributed by atoms with Crippen molar-refractivity contribution in [3.63, 3.8) is 0 Å². The van der Waals surface area contributed by atoms with Gasteiger partial charge in [0.25, 0.3) is 0 Å². The van der Waals surface area contributed by atoms with Gasteiger partial charge in [-0.2, -0.15) is 0 Å². The van der Waals surface area contributed by atoms with Crippen LogP contribution in [0.15, 0.2) is 0 Å². The van der Waals surface area contributed by atoms with Gasteiger partial charge >= 0.3 is 0 Å². The first-order valence-corrected chi connectivity index (χ1v) is 7.34. The lowest BCUT2D eigenvalue weighted by Gasteiger charge is -2.35. The Morgan fingerprint density at radius 2 is 1.65 bits per heavy atom. The lowest BCUT2D eigenvalue weighted by Crippen LogP contribution is -2.40. The molecule has 17 heavy (non-hydrogen) atoms. The number of nitrogens with zero attached hydrogens (tertiary/aromatic N) is 1. The van der Waals surface area contributed by atoms with Crippen LogP contribution in [0.25, 0.3) is 0 Å². The van der Waals surface area contributed by atoms with Gasteiger partial charge in [0.1, 0.15) is 0 Å². The van der Waals surface area contributed by atoms with Crippen LogP contribution in [-0.4, -0.2) is 47.5 Å². The molecule has 1 fully saturated rings. The first-order chi connectivity index (χ1) is 8.38. The molecule has 0 aromatic heterocycles. The van der Waals surface area contributed by atoms with E-state index in [0.29, 0.717) is 19.3 Å². The van der Waals surface area contributed by atoms with Crippen molar-refractivity contribution in [1.29, 1.82) is 0 Å². The van der Waals surface area contributed by atoms with Crippen LogP contribution in [0.2, 0.25) is 0 Å². The summed E-state index contributed by atoms with van der Waals surface area (Å²) < 4.78 is 0. The van der Waals surface area contributed by atoms with Crippen LogP contribution in [0.3, 0.4) is 0 Å². The summed E-state index contributed by atoms with van der Waals surface area (Å²) in [4.78, 5) is 2.58. The van der Waals surface area contributed by atoms with Crippen molar-refractivity contribution in [2.75, 3.05) is 26.3 Å². The van der Waals surface area contributed by atoms with Crippen molar-refractivity contribution in [3.05, 3.63) is 0 Å². The number of rotatable bonds is 9. The third-order valence-corrected chi connectivity index (χ3v) is 3.81. The van der Waals surface area contributed by atoms with Crippen LogP contribution in [0.5, 0.6) is 0 Å². The molecule has 1 unspecified atom stereocenters. The summed E-state index contributed by atoms with van der Waals surface area (Å²) in [5.74, 6) is 0. The number of aliphatic hydroxyl groups is 2. The van der Waals surface area contributed by atoms with Crippen molar-refractivity contribution in [2.45, 2.75) is 63.8 Å². The van der Waals surface area contributed by atoms with Crippen LogP contribution >= 0.6 is 0 Å². The first kappa shape index (κ1) is 14.9. The van der Waals surface area contributed by atoms with Crippen LogP contribution in [0, 0.1) is 0 Å². The van der Waals surface area contributed by atoms with E-state index in [9.17, 15) is 0 Å². The van der Waals surface area contributed by atoms with Crippen LogP contribution < -0.4 is 0 Å². The summed E-state index contributed by atoms with van der Waals surface area (Å²) in [5.41, 5.74) is 0. The van der Waals surface area contributed by atoms with Crippen molar-refractivity contribution < 1.29 is 10.2 Å². The Kier molecular flexibility index (Phi) is 8.67. The molecule has 102 valence electrons. The summed E-state index contributed by atoms with van der Waals surface area (Å²) in [7, 11) is 0. The summed E-state index contributed by atoms with van der Waals surface area (Å²) in [6.45, 7) is 3.09. The first-order valence-electron chi connectivity index (χ1n) is 7.34. The average molecular weight is 243 g/mol. The highest BCUT2D eigenvalue weighted by atomic mass is 16.3. The summed E-state index contributed by atoms with van der Waals surface area (Å²) in [6, 6.07) is 0.631. The molecular formula is C14H29NO2. The molecule has 1 aliphatic heterocycles. The quantitative estimate of drug-likeness (QED) is 0.610. The summed E-state index contributed by atoms with van der Waals surface area (Å²) in [5, 5.41) is 17.7. The third kappa shape index (κ3) is 6.39. The maximum atomic E-state index is 9.05. The Labute approximate surface area is 106 Å². The van der Waals surface area contributed by atoms with Gasteiger partial charge in [0.2, 0.25) is 0 Å². The van der Waals surface area contributed by atoms with Gasteiger partial charge in [-0.3, -0.25) is 0 Å². The second-order valence-electron chi connectivity index (χ2n) is 5.19. The van der Waals surface area contributed by atoms with E-state index in [0.717, 1.165) is 19.3 Å². The standard InChI is InChI=1S/C14H29NO2/c16-12-7-3-1-2-5-10-15-11-6-4-8-14(15)9-13-17/h14,16-17H,1-13H2. The van der Waals surface area contributed by atoms with Gasteiger partial charge in [0.05, 0.1) is 0 Å². The molecule has 1 rings (SSSR count). The van der Waals surface area contributed by atoms with Crippen molar-refractivity contribution >= 4 is 0 Å². The SMILES string of the molecule is OCCCCCCCN1CCCCC1CCO. The molecule has 3 nitrogen and oxygen atoms in total. The molecule has 0 radical (unpaired) electrons. The van der Waals surface area contributed by atoms with E-state index in [1.807, 2.05) is 0 Å². The van der Waals surface area contributed by atoms with Gasteiger partial charge in [0, 0.05) is 19.3 Å². The van der Waals surface area contributed by atoms with Gasteiger partial charge in [-0.15, -0.1) is 0 Å². The van der Waals surface area contributed by atoms with E-state index in [2.05, 4.69) is 4.90 Å². The van der Waals surface area contributed by atoms with Crippen molar-refractivity contribution in [3.8, 4) is 0 Å². The fraction of sp³-hybridized carbons (Fsp3) is 1.00. The Hall–Kier alpha value is -0.120. The van der Waals surface area contributed by atoms with Crippen LogP contribution in [0.4, 0.5) is 0 Å². The van der Waals surface area contributed by atoms with Gasteiger partial charge in [-0.25, -0.2) is 0 Å². The summed E-state index contributed by atoms with van der Waals surface area (Å²) >= 11 is 0. The lowest BCUT2D eigenvalue weighted by atomic mass is 9.99. The zero-order valence-electron chi connectivity index (χ0n) is 11.1. The molecule has 0 aromatic carbocycles. The number of aliphatic hydroxyl groups excluding tert-OH is 2. The van der Waals surface area contributed by atoms with Crippen molar-refractivity contribution in [2.24, 2.45) is 0 Å². The van der Waals surface area contributed by atoms with E-state index < -0.39 is 0 Å². The molecule has 0 aliphatic carbocycles. The number of likely N-dealkylation sites (tertiary alicyclic amines) is 1. The summed E-state index contributed by atoms with van der Waals surface area (Å²) in [6.07, 6.45) is 10.8. The Morgan fingerprint density at radius 1 is 0.882 bits per heavy atom. The Bertz CT molecular complexity index is 174. The normalized spacial score (nSPS) is 21.9. The molecule has 2 N–H and O–H groups in total. The fourth-order valence-corrected chi connectivity index (χ4v) is 2.79. The van der Waals surface area contributed by atoms with Gasteiger partial charge < -0.3 is 15.1 Å². The predicted molar refractivity (Wildman–Crippen MR) is 71.1 cm³/mol. The number of unbranched alkanes of at least 4 members (excludes halogenated alkanes) is 4. The van der Waals surface area contributed by atoms with Gasteiger partial charge in [-0.1, -0.05) is 25.7 Å². The molecule has 0 bridgehead atoms. The number of hydrogen-bond acceptors (Lipinski definition) is 3. The second kappa shape index (κ2) is 9.86. The van der Waals surface area contributed by atoms with E-state index in [1.54, 1.807) is 0 Å². The monoisotopic (exact) mass is 243 g/mol. The molecule has 1 saturated heterocycles. The fourth-order valence-electron chi connectivity index (χ4n) is 2.79. The second-order valence-corrected chi connectivity index (χ2v) is 5.19. The molecule has 0 aromatic rings. The molecule has 1 aliphatic rings. The molecule has 0 amide bonds. The molecular weight excluding hydrogens is 214 g/mol. The Morgan fingerprint density at radius 3 is 2.41 bits per heavy atom. The minimum atomic E-state index is 0.331. The number of piperidine rings is 1. The highest BCUT2D eigenvalue weighted by Gasteiger charge is 2.20. The molecule has 0 saturated carbocycles. The van der Waals surface area contributed by atoms with Gasteiger partial charge in [0.15, 0.2) is 0 Å². The van der Waals surface area contributed by atoms with Crippen LogP contribution in [0.1, 0.15) is 57.8 Å². The highest BCUT2D eigenvalue weighted by molar-refractivity contribution is 4.76.